The van der Waals surface area contributed by atoms with Gasteiger partial charge in [0.15, 0.2) is 12.6 Å². The van der Waals surface area contributed by atoms with Crippen molar-refractivity contribution in [2.45, 2.75) is 197 Å². The molecule has 2 fully saturated rings. The lowest BCUT2D eigenvalue weighted by Crippen LogP contribution is -2.61. The second-order valence-electron chi connectivity index (χ2n) is 16.2. The van der Waals surface area contributed by atoms with Crippen molar-refractivity contribution >= 4 is 5.97 Å². The molecule has 0 aromatic heterocycles. The van der Waals surface area contributed by atoms with E-state index in [1.165, 1.54) is 32.1 Å². The maximum Gasteiger partial charge on any atom is 0.306 e. The average Bonchev–Trinajstić information content (AvgIpc) is 3.28. The molecule has 0 radical (unpaired) electrons. The number of aliphatic hydroxyl groups excluding tert-OH is 7. The van der Waals surface area contributed by atoms with Gasteiger partial charge in [-0.05, 0) is 57.8 Å². The zero-order valence-corrected chi connectivity index (χ0v) is 38.0. The number of aliphatic hydroxyl groups is 7. The third-order valence-electron chi connectivity index (χ3n) is 10.7. The van der Waals surface area contributed by atoms with Gasteiger partial charge in [-0.15, -0.1) is 0 Å². The summed E-state index contributed by atoms with van der Waals surface area (Å²) in [5, 5.41) is 71.9. The molecule has 0 saturated carbocycles. The molecule has 63 heavy (non-hydrogen) atoms. The molecule has 14 nitrogen and oxygen atoms in total. The monoisotopic (exact) mass is 895 g/mol. The van der Waals surface area contributed by atoms with Gasteiger partial charge in [-0.1, -0.05) is 138 Å². The Morgan fingerprint density at radius 3 is 1.56 bits per heavy atom. The Kier molecular flexibility index (Phi) is 32.9. The first-order chi connectivity index (χ1) is 30.6. The maximum absolute atomic E-state index is 12.9. The lowest BCUT2D eigenvalue weighted by atomic mass is 9.98. The van der Waals surface area contributed by atoms with E-state index in [-0.39, 0.29) is 19.6 Å². The zero-order chi connectivity index (χ0) is 45.9. The van der Waals surface area contributed by atoms with Gasteiger partial charge in [0.25, 0.3) is 0 Å². The SMILES string of the molecule is CC/C=C\C/C=C\C/C=C\C/C=C\C/C=C\C/C=C\CCCOCC(COC1OC(COC2OC(CO)C(O)C(O)C2O)C(O)C(O)C1O)OC(=O)CCCCCCCCCCC. The summed E-state index contributed by atoms with van der Waals surface area (Å²) in [7, 11) is 0. The standard InChI is InChI=1S/C49H82O14/c1-3-5-7-9-11-13-14-15-16-17-18-19-20-21-22-23-25-27-29-31-33-58-35-38(61-41(51)32-30-28-26-24-12-10-8-6-4-2)36-59-48-47(57)45(55)43(53)40(63-48)37-60-49-46(56)44(54)42(52)39(34-50)62-49/h5,7,11,13,15-16,18-19,21-22,25,27,38-40,42-50,52-57H,3-4,6,8-10,12,14,17,20,23-24,26,28-37H2,1-2H3/b7-5-,13-11-,16-15-,19-18-,22-21-,27-25-. The van der Waals surface area contributed by atoms with Crippen LogP contribution >= 0.6 is 0 Å². The molecule has 0 aromatic carbocycles. The predicted octanol–water partition coefficient (Wildman–Crippen LogP) is 5.95. The molecule has 0 aliphatic carbocycles. The first-order valence-electron chi connectivity index (χ1n) is 23.5. The van der Waals surface area contributed by atoms with Crippen LogP contribution in [0.15, 0.2) is 72.9 Å². The van der Waals surface area contributed by atoms with Crippen LogP contribution in [-0.2, 0) is 33.2 Å². The van der Waals surface area contributed by atoms with Crippen LogP contribution in [0.2, 0.25) is 0 Å². The lowest BCUT2D eigenvalue weighted by Gasteiger charge is -2.42. The minimum absolute atomic E-state index is 0.0187. The predicted molar refractivity (Wildman–Crippen MR) is 242 cm³/mol. The Morgan fingerprint density at radius 2 is 1.02 bits per heavy atom. The highest BCUT2D eigenvalue weighted by atomic mass is 16.7. The number of unbranched alkanes of at least 4 members (excludes halogenated alkanes) is 9. The van der Waals surface area contributed by atoms with Crippen LogP contribution in [0.25, 0.3) is 0 Å². The fourth-order valence-corrected chi connectivity index (χ4v) is 6.89. The van der Waals surface area contributed by atoms with Crippen LogP contribution < -0.4 is 0 Å². The molecule has 2 aliphatic heterocycles. The van der Waals surface area contributed by atoms with Gasteiger partial charge in [0.2, 0.25) is 0 Å². The Hall–Kier alpha value is -2.57. The topological polar surface area (TPSA) is 214 Å². The van der Waals surface area contributed by atoms with E-state index in [9.17, 15) is 40.5 Å². The number of carbonyl (C=O) groups excluding carboxylic acids is 1. The van der Waals surface area contributed by atoms with Gasteiger partial charge in [0, 0.05) is 13.0 Å². The molecule has 362 valence electrons. The molecule has 0 aromatic rings. The third kappa shape index (κ3) is 25.1. The Bertz CT molecular complexity index is 1310. The van der Waals surface area contributed by atoms with E-state index in [2.05, 4.69) is 86.8 Å². The summed E-state index contributed by atoms with van der Waals surface area (Å²) in [6.07, 6.45) is 27.1. The summed E-state index contributed by atoms with van der Waals surface area (Å²) in [6, 6.07) is 0. The highest BCUT2D eigenvalue weighted by Gasteiger charge is 2.47. The van der Waals surface area contributed by atoms with Gasteiger partial charge in [-0.25, -0.2) is 0 Å². The van der Waals surface area contributed by atoms with E-state index in [0.717, 1.165) is 70.6 Å². The molecule has 2 rings (SSSR count). The van der Waals surface area contributed by atoms with E-state index in [1.54, 1.807) is 0 Å². The summed E-state index contributed by atoms with van der Waals surface area (Å²) in [5.74, 6) is -0.403. The molecular formula is C49H82O14. The summed E-state index contributed by atoms with van der Waals surface area (Å²) < 4.78 is 34.0. The number of rotatable bonds is 35. The van der Waals surface area contributed by atoms with Crippen molar-refractivity contribution in [1.82, 2.24) is 0 Å². The zero-order valence-electron chi connectivity index (χ0n) is 38.0. The van der Waals surface area contributed by atoms with E-state index >= 15 is 0 Å². The van der Waals surface area contributed by atoms with Crippen LogP contribution in [0, 0.1) is 0 Å². The van der Waals surface area contributed by atoms with Crippen molar-refractivity contribution in [3.63, 3.8) is 0 Å². The Morgan fingerprint density at radius 1 is 0.540 bits per heavy atom. The fourth-order valence-electron chi connectivity index (χ4n) is 6.89. The third-order valence-corrected chi connectivity index (χ3v) is 10.7. The van der Waals surface area contributed by atoms with Gasteiger partial charge >= 0.3 is 5.97 Å². The Labute approximate surface area is 377 Å². The van der Waals surface area contributed by atoms with Crippen molar-refractivity contribution in [3.05, 3.63) is 72.9 Å². The molecule has 7 N–H and O–H groups in total. The van der Waals surface area contributed by atoms with Crippen LogP contribution in [0.3, 0.4) is 0 Å². The summed E-state index contributed by atoms with van der Waals surface area (Å²) in [6.45, 7) is 3.36. The number of ether oxygens (including phenoxy) is 6. The van der Waals surface area contributed by atoms with Crippen molar-refractivity contribution in [1.29, 1.82) is 0 Å². The van der Waals surface area contributed by atoms with Crippen LogP contribution in [-0.4, -0.2) is 142 Å². The number of carbonyl (C=O) groups is 1. The van der Waals surface area contributed by atoms with Crippen LogP contribution in [0.1, 0.15) is 129 Å². The average molecular weight is 895 g/mol. The molecule has 0 bridgehead atoms. The molecule has 2 aliphatic rings. The minimum Gasteiger partial charge on any atom is -0.457 e. The molecular weight excluding hydrogens is 813 g/mol. The number of allylic oxidation sites excluding steroid dienone is 12. The summed E-state index contributed by atoms with van der Waals surface area (Å²) in [4.78, 5) is 12.9. The second-order valence-corrected chi connectivity index (χ2v) is 16.2. The molecule has 0 spiro atoms. The highest BCUT2D eigenvalue weighted by molar-refractivity contribution is 5.69. The first kappa shape index (κ1) is 56.6. The van der Waals surface area contributed by atoms with Crippen molar-refractivity contribution < 1.29 is 69.0 Å². The quantitative estimate of drug-likeness (QED) is 0.0223. The molecule has 14 heteroatoms. The molecule has 2 heterocycles. The number of hydrogen-bond donors (Lipinski definition) is 7. The lowest BCUT2D eigenvalue weighted by molar-refractivity contribution is -0.332. The van der Waals surface area contributed by atoms with Gasteiger partial charge in [0.05, 0.1) is 26.4 Å². The largest absolute Gasteiger partial charge is 0.457 e. The number of hydrogen-bond acceptors (Lipinski definition) is 14. The molecule has 0 amide bonds. The molecule has 2 saturated heterocycles. The van der Waals surface area contributed by atoms with Crippen LogP contribution in [0.5, 0.6) is 0 Å². The molecule has 11 unspecified atom stereocenters. The second kappa shape index (κ2) is 36.6. The van der Waals surface area contributed by atoms with Crippen molar-refractivity contribution in [2.75, 3.05) is 33.0 Å². The first-order valence-corrected chi connectivity index (χ1v) is 23.5. The smallest absolute Gasteiger partial charge is 0.306 e. The summed E-state index contributed by atoms with van der Waals surface area (Å²) >= 11 is 0. The van der Waals surface area contributed by atoms with E-state index < -0.39 is 86.7 Å². The van der Waals surface area contributed by atoms with E-state index in [1.807, 2.05) is 0 Å². The van der Waals surface area contributed by atoms with Crippen LogP contribution in [0.4, 0.5) is 0 Å². The highest BCUT2D eigenvalue weighted by Crippen LogP contribution is 2.26. The van der Waals surface area contributed by atoms with Gasteiger partial charge in [-0.3, -0.25) is 4.79 Å². The normalized spacial score (nSPS) is 27.6. The van der Waals surface area contributed by atoms with E-state index in [0.29, 0.717) is 13.0 Å². The van der Waals surface area contributed by atoms with Crippen molar-refractivity contribution in [3.8, 4) is 0 Å². The molecule has 11 atom stereocenters. The fraction of sp³-hybridized carbons (Fsp3) is 0.735. The van der Waals surface area contributed by atoms with Gasteiger partial charge in [-0.2, -0.15) is 0 Å². The van der Waals surface area contributed by atoms with Gasteiger partial charge < -0.3 is 64.2 Å². The van der Waals surface area contributed by atoms with E-state index in [4.69, 9.17) is 28.4 Å². The van der Waals surface area contributed by atoms with Crippen molar-refractivity contribution in [2.24, 2.45) is 0 Å². The van der Waals surface area contributed by atoms with Gasteiger partial charge in [0.1, 0.15) is 54.9 Å². The maximum atomic E-state index is 12.9. The summed E-state index contributed by atoms with van der Waals surface area (Å²) in [5.41, 5.74) is 0. The number of esters is 1. The minimum atomic E-state index is -1.72. The Balaban J connectivity index is 1.80.